The van der Waals surface area contributed by atoms with E-state index in [9.17, 15) is 22.0 Å². The van der Waals surface area contributed by atoms with Crippen molar-refractivity contribution >= 4 is 27.4 Å². The van der Waals surface area contributed by atoms with Crippen molar-refractivity contribution in [2.45, 2.75) is 17.9 Å². The van der Waals surface area contributed by atoms with Gasteiger partial charge < -0.3 is 15.0 Å². The summed E-state index contributed by atoms with van der Waals surface area (Å²) in [5.41, 5.74) is -0.0618. The van der Waals surface area contributed by atoms with Crippen LogP contribution < -0.4 is 10.2 Å². The molecule has 0 spiro atoms. The average Bonchev–Trinajstić information content (AvgIpc) is 2.86. The van der Waals surface area contributed by atoms with E-state index in [1.807, 2.05) is 9.80 Å². The molecule has 2 aliphatic rings. The molecule has 34 heavy (non-hydrogen) atoms. The fourth-order valence-electron chi connectivity index (χ4n) is 3.98. The molecular weight excluding hydrogens is 468 g/mol. The first-order chi connectivity index (χ1) is 16.3. The second kappa shape index (κ2) is 10.3. The zero-order valence-corrected chi connectivity index (χ0v) is 19.6. The molecule has 1 N–H and O–H groups in total. The maximum atomic E-state index is 13.8. The number of sulfonamides is 1. The van der Waals surface area contributed by atoms with Gasteiger partial charge in [-0.1, -0.05) is 0 Å². The molecule has 2 aromatic rings. The third kappa shape index (κ3) is 5.35. The van der Waals surface area contributed by atoms with Gasteiger partial charge in [-0.05, 0) is 31.2 Å². The first-order valence-electron chi connectivity index (χ1n) is 11.0. The van der Waals surface area contributed by atoms with E-state index in [0.29, 0.717) is 58.3 Å². The second-order valence-corrected chi connectivity index (χ2v) is 10.1. The first kappa shape index (κ1) is 24.5. The molecule has 0 aliphatic carbocycles. The lowest BCUT2D eigenvalue weighted by molar-refractivity contribution is -0.120. The minimum Gasteiger partial charge on any atom is -0.379 e. The number of rotatable bonds is 6. The number of pyridine rings is 1. The van der Waals surface area contributed by atoms with Crippen LogP contribution in [0.15, 0.2) is 41.4 Å². The fraction of sp³-hybridized carbons (Fsp3) is 0.455. The van der Waals surface area contributed by atoms with Gasteiger partial charge in [0.15, 0.2) is 0 Å². The number of nitrogens with one attached hydrogen (secondary N) is 1. The Balaban J connectivity index is 1.33. The summed E-state index contributed by atoms with van der Waals surface area (Å²) in [5, 5.41) is 2.51. The molecule has 2 aliphatic heterocycles. The molecule has 1 atom stereocenters. The number of halogens is 2. The molecule has 12 heteroatoms. The Labute approximate surface area is 197 Å². The van der Waals surface area contributed by atoms with Crippen LogP contribution in [0, 0.1) is 11.6 Å². The van der Waals surface area contributed by atoms with Crippen molar-refractivity contribution in [3.63, 3.8) is 0 Å². The van der Waals surface area contributed by atoms with Crippen molar-refractivity contribution in [2.24, 2.45) is 0 Å². The Bertz CT molecular complexity index is 1120. The van der Waals surface area contributed by atoms with Crippen LogP contribution in [0.5, 0.6) is 0 Å². The Hall–Kier alpha value is -2.67. The Morgan fingerprint density at radius 2 is 1.76 bits per heavy atom. The van der Waals surface area contributed by atoms with Crippen molar-refractivity contribution in [1.82, 2.24) is 14.2 Å². The van der Waals surface area contributed by atoms with Crippen molar-refractivity contribution in [3.8, 4) is 0 Å². The molecule has 2 fully saturated rings. The van der Waals surface area contributed by atoms with E-state index in [4.69, 9.17) is 4.74 Å². The normalized spacial score (nSPS) is 19.1. The van der Waals surface area contributed by atoms with E-state index in [2.05, 4.69) is 10.3 Å². The molecule has 1 amide bonds. The zero-order valence-electron chi connectivity index (χ0n) is 18.8. The van der Waals surface area contributed by atoms with Crippen LogP contribution in [0.3, 0.4) is 0 Å². The molecule has 1 aromatic carbocycles. The van der Waals surface area contributed by atoms with Gasteiger partial charge in [0.05, 0.1) is 24.9 Å². The van der Waals surface area contributed by atoms with Crippen LogP contribution in [0.2, 0.25) is 0 Å². The maximum Gasteiger partial charge on any atom is 0.244 e. The number of benzene rings is 1. The number of nitrogens with zero attached hydrogens (tertiary/aromatic N) is 4. The Morgan fingerprint density at radius 3 is 2.38 bits per heavy atom. The highest BCUT2D eigenvalue weighted by molar-refractivity contribution is 7.89. The summed E-state index contributed by atoms with van der Waals surface area (Å²) in [6, 6.07) is 5.75. The Kier molecular flexibility index (Phi) is 7.41. The lowest BCUT2D eigenvalue weighted by Crippen LogP contribution is -2.53. The summed E-state index contributed by atoms with van der Waals surface area (Å²) in [6.45, 7) is 5.45. The number of piperazine rings is 1. The smallest absolute Gasteiger partial charge is 0.244 e. The predicted molar refractivity (Wildman–Crippen MR) is 122 cm³/mol. The van der Waals surface area contributed by atoms with E-state index in [0.717, 1.165) is 12.1 Å². The van der Waals surface area contributed by atoms with Gasteiger partial charge in [-0.2, -0.15) is 4.31 Å². The van der Waals surface area contributed by atoms with Gasteiger partial charge in [0, 0.05) is 51.5 Å². The maximum absolute atomic E-state index is 13.8. The van der Waals surface area contributed by atoms with Gasteiger partial charge >= 0.3 is 0 Å². The van der Waals surface area contributed by atoms with E-state index >= 15 is 0 Å². The quantitative estimate of drug-likeness (QED) is 0.650. The summed E-state index contributed by atoms with van der Waals surface area (Å²) >= 11 is 0. The fourth-order valence-corrected chi connectivity index (χ4v) is 5.33. The second-order valence-electron chi connectivity index (χ2n) is 8.18. The van der Waals surface area contributed by atoms with Crippen molar-refractivity contribution < 1.29 is 26.7 Å². The van der Waals surface area contributed by atoms with Gasteiger partial charge in [-0.15, -0.1) is 0 Å². The SMILES string of the molecule is C[C@@H](C(=O)Nc1ccc(F)cc1F)N1CCN(c2ccc(S(=O)(=O)N3CCOCC3)cn2)CC1. The standard InChI is InChI=1S/C22H27F2N5O4S/c1-16(22(30)26-20-4-2-17(23)14-19(20)24)27-6-8-28(9-7-27)21-5-3-18(15-25-21)34(31,32)29-10-12-33-13-11-29/h2-5,14-16H,6-13H2,1H3,(H,26,30)/t16-/m0/s1. The number of amides is 1. The molecular formula is C22H27F2N5O4S. The number of carbonyl (C=O) groups excluding carboxylic acids is 1. The molecule has 0 bridgehead atoms. The summed E-state index contributed by atoms with van der Waals surface area (Å²) in [7, 11) is -3.60. The molecule has 2 saturated heterocycles. The highest BCUT2D eigenvalue weighted by atomic mass is 32.2. The van der Waals surface area contributed by atoms with Gasteiger partial charge in [-0.3, -0.25) is 9.69 Å². The van der Waals surface area contributed by atoms with Crippen LogP contribution in [0.4, 0.5) is 20.3 Å². The first-order valence-corrected chi connectivity index (χ1v) is 12.5. The summed E-state index contributed by atoms with van der Waals surface area (Å²) in [6.07, 6.45) is 1.37. The Morgan fingerprint density at radius 1 is 1.06 bits per heavy atom. The molecule has 0 saturated carbocycles. The molecule has 1 aromatic heterocycles. The lowest BCUT2D eigenvalue weighted by Gasteiger charge is -2.38. The summed E-state index contributed by atoms with van der Waals surface area (Å²) < 4.78 is 59.0. The highest BCUT2D eigenvalue weighted by Gasteiger charge is 2.29. The topological polar surface area (TPSA) is 95.1 Å². The molecule has 0 radical (unpaired) electrons. The molecule has 4 rings (SSSR count). The van der Waals surface area contributed by atoms with Crippen LogP contribution >= 0.6 is 0 Å². The minimum absolute atomic E-state index is 0.0618. The monoisotopic (exact) mass is 495 g/mol. The number of aromatic nitrogens is 1. The number of hydrogen-bond donors (Lipinski definition) is 1. The number of morpholine rings is 1. The lowest BCUT2D eigenvalue weighted by atomic mass is 10.2. The van der Waals surface area contributed by atoms with Gasteiger partial charge in [-0.25, -0.2) is 22.2 Å². The minimum atomic E-state index is -3.60. The molecule has 3 heterocycles. The van der Waals surface area contributed by atoms with Crippen LogP contribution in [0.25, 0.3) is 0 Å². The van der Waals surface area contributed by atoms with Crippen molar-refractivity contribution in [2.75, 3.05) is 62.7 Å². The van der Waals surface area contributed by atoms with Crippen LogP contribution in [-0.2, 0) is 19.6 Å². The number of anilines is 2. The van der Waals surface area contributed by atoms with E-state index in [1.165, 1.54) is 16.6 Å². The zero-order chi connectivity index (χ0) is 24.3. The van der Waals surface area contributed by atoms with Crippen LogP contribution in [-0.4, -0.2) is 87.0 Å². The van der Waals surface area contributed by atoms with Gasteiger partial charge in [0.1, 0.15) is 22.3 Å². The molecule has 0 unspecified atom stereocenters. The third-order valence-corrected chi connectivity index (χ3v) is 7.97. The van der Waals surface area contributed by atoms with E-state index in [1.54, 1.807) is 19.1 Å². The average molecular weight is 496 g/mol. The largest absolute Gasteiger partial charge is 0.379 e. The molecule has 184 valence electrons. The number of hydrogen-bond acceptors (Lipinski definition) is 7. The van der Waals surface area contributed by atoms with Crippen LogP contribution in [0.1, 0.15) is 6.92 Å². The van der Waals surface area contributed by atoms with Gasteiger partial charge in [0.2, 0.25) is 15.9 Å². The number of ether oxygens (including phenoxy) is 1. The van der Waals surface area contributed by atoms with Gasteiger partial charge in [0.25, 0.3) is 0 Å². The number of carbonyl (C=O) groups is 1. The van der Waals surface area contributed by atoms with Crippen molar-refractivity contribution in [3.05, 3.63) is 48.2 Å². The van der Waals surface area contributed by atoms with E-state index < -0.39 is 27.7 Å². The molecule has 9 nitrogen and oxygen atoms in total. The van der Waals surface area contributed by atoms with E-state index in [-0.39, 0.29) is 16.5 Å². The summed E-state index contributed by atoms with van der Waals surface area (Å²) in [4.78, 5) is 21.0. The predicted octanol–water partition coefficient (Wildman–Crippen LogP) is 1.53. The summed E-state index contributed by atoms with van der Waals surface area (Å²) in [5.74, 6) is -1.25. The third-order valence-electron chi connectivity index (χ3n) is 6.08. The highest BCUT2D eigenvalue weighted by Crippen LogP contribution is 2.21. The van der Waals surface area contributed by atoms with Crippen molar-refractivity contribution in [1.29, 1.82) is 0 Å².